The van der Waals surface area contributed by atoms with E-state index < -0.39 is 0 Å². The Labute approximate surface area is 122 Å². The van der Waals surface area contributed by atoms with Crippen molar-refractivity contribution in [2.75, 3.05) is 18.9 Å². The minimum atomic E-state index is 0.337. The first-order valence-corrected chi connectivity index (χ1v) is 7.23. The summed E-state index contributed by atoms with van der Waals surface area (Å²) in [5.74, 6) is 0.873. The lowest BCUT2D eigenvalue weighted by molar-refractivity contribution is 0.266. The summed E-state index contributed by atoms with van der Waals surface area (Å²) in [6, 6.07) is 2.82. The maximum Gasteiger partial charge on any atom is 0.171 e. The molecular weight excluding hydrogens is 306 g/mol. The molecular formula is C13H20BrN5. The van der Waals surface area contributed by atoms with Crippen LogP contribution in [0.4, 0.5) is 5.82 Å². The highest BCUT2D eigenvalue weighted by atomic mass is 79.9. The Balaban J connectivity index is 2.06. The number of halogens is 1. The summed E-state index contributed by atoms with van der Waals surface area (Å²) in [5, 5.41) is 7.60. The topological polar surface area (TPSA) is 45.5 Å². The van der Waals surface area contributed by atoms with Crippen molar-refractivity contribution in [1.82, 2.24) is 19.5 Å². The summed E-state index contributed by atoms with van der Waals surface area (Å²) >= 11 is 3.44. The monoisotopic (exact) mass is 325 g/mol. The Morgan fingerprint density at radius 2 is 2.16 bits per heavy atom. The van der Waals surface area contributed by atoms with E-state index in [4.69, 9.17) is 0 Å². The number of aromatic nitrogens is 3. The average Bonchev–Trinajstić information content (AvgIpc) is 2.70. The Kier molecular flexibility index (Phi) is 4.42. The largest absolute Gasteiger partial charge is 0.366 e. The highest BCUT2D eigenvalue weighted by Gasteiger charge is 2.10. The van der Waals surface area contributed by atoms with Gasteiger partial charge in [-0.25, -0.2) is 9.50 Å². The molecule has 19 heavy (non-hydrogen) atoms. The molecule has 0 aliphatic carbocycles. The Bertz CT molecular complexity index is 551. The standard InChI is InChI=1S/C13H20BrN5/c1-9(2)18(4)8-10(3)16-12-5-6-19-13(17-12)11(14)7-15-19/h5-7,9-10H,8H2,1-4H3,(H,16,17)/t10-/m0/s1. The maximum atomic E-state index is 4.55. The molecule has 2 heterocycles. The van der Waals surface area contributed by atoms with E-state index in [1.54, 1.807) is 10.7 Å². The third-order valence-electron chi connectivity index (χ3n) is 3.16. The van der Waals surface area contributed by atoms with Crippen molar-refractivity contribution >= 4 is 27.4 Å². The molecule has 104 valence electrons. The molecule has 2 aromatic heterocycles. The fourth-order valence-corrected chi connectivity index (χ4v) is 2.22. The van der Waals surface area contributed by atoms with E-state index in [0.717, 1.165) is 22.5 Å². The average molecular weight is 326 g/mol. The number of nitrogens with one attached hydrogen (secondary N) is 1. The Morgan fingerprint density at radius 3 is 2.84 bits per heavy atom. The fourth-order valence-electron chi connectivity index (χ4n) is 1.86. The van der Waals surface area contributed by atoms with Crippen LogP contribution in [0.3, 0.4) is 0 Å². The Morgan fingerprint density at radius 1 is 1.42 bits per heavy atom. The first-order valence-electron chi connectivity index (χ1n) is 6.44. The number of nitrogens with zero attached hydrogens (tertiary/aromatic N) is 4. The smallest absolute Gasteiger partial charge is 0.171 e. The van der Waals surface area contributed by atoms with Crippen LogP contribution in [0.5, 0.6) is 0 Å². The molecule has 0 spiro atoms. The van der Waals surface area contributed by atoms with E-state index in [1.165, 1.54) is 0 Å². The zero-order valence-electron chi connectivity index (χ0n) is 11.8. The Hall–Kier alpha value is -1.14. The molecule has 0 bridgehead atoms. The first kappa shape index (κ1) is 14.3. The van der Waals surface area contributed by atoms with Crippen LogP contribution in [-0.2, 0) is 0 Å². The number of hydrogen-bond donors (Lipinski definition) is 1. The van der Waals surface area contributed by atoms with E-state index in [9.17, 15) is 0 Å². The predicted octanol–water partition coefficient (Wildman–Crippen LogP) is 2.63. The van der Waals surface area contributed by atoms with Crippen LogP contribution in [0.1, 0.15) is 20.8 Å². The first-order chi connectivity index (χ1) is 8.97. The lowest BCUT2D eigenvalue weighted by Gasteiger charge is -2.25. The van der Waals surface area contributed by atoms with Crippen molar-refractivity contribution in [2.45, 2.75) is 32.9 Å². The van der Waals surface area contributed by atoms with Crippen LogP contribution in [-0.4, -0.2) is 45.2 Å². The third-order valence-corrected chi connectivity index (χ3v) is 3.72. The lowest BCUT2D eigenvalue weighted by Crippen LogP contribution is -2.36. The van der Waals surface area contributed by atoms with Crippen molar-refractivity contribution in [3.05, 3.63) is 22.9 Å². The second-order valence-corrected chi connectivity index (χ2v) is 6.01. The van der Waals surface area contributed by atoms with Crippen molar-refractivity contribution in [3.8, 4) is 0 Å². The van der Waals surface area contributed by atoms with Gasteiger partial charge in [-0.1, -0.05) is 0 Å². The molecule has 1 N–H and O–H groups in total. The van der Waals surface area contributed by atoms with Gasteiger partial charge in [0, 0.05) is 24.8 Å². The minimum Gasteiger partial charge on any atom is -0.366 e. The van der Waals surface area contributed by atoms with Gasteiger partial charge in [0.05, 0.1) is 10.7 Å². The molecule has 0 aliphatic rings. The molecule has 1 atom stereocenters. The van der Waals surface area contributed by atoms with E-state index in [1.807, 2.05) is 12.3 Å². The third kappa shape index (κ3) is 3.45. The normalized spacial score (nSPS) is 13.4. The van der Waals surface area contributed by atoms with E-state index in [2.05, 4.69) is 64.0 Å². The zero-order chi connectivity index (χ0) is 14.0. The van der Waals surface area contributed by atoms with Crippen molar-refractivity contribution in [1.29, 1.82) is 0 Å². The number of rotatable bonds is 5. The molecule has 2 rings (SSSR count). The van der Waals surface area contributed by atoms with E-state index in [-0.39, 0.29) is 0 Å². The van der Waals surface area contributed by atoms with Gasteiger partial charge in [0.15, 0.2) is 5.65 Å². The van der Waals surface area contributed by atoms with Gasteiger partial charge in [-0.05, 0) is 49.8 Å². The van der Waals surface area contributed by atoms with E-state index in [0.29, 0.717) is 12.1 Å². The van der Waals surface area contributed by atoms with Crippen LogP contribution < -0.4 is 5.32 Å². The molecule has 0 saturated heterocycles. The number of likely N-dealkylation sites (N-methyl/N-ethyl adjacent to an activating group) is 1. The van der Waals surface area contributed by atoms with Gasteiger partial charge in [0.2, 0.25) is 0 Å². The summed E-state index contributed by atoms with van der Waals surface area (Å²) in [6.07, 6.45) is 3.66. The highest BCUT2D eigenvalue weighted by molar-refractivity contribution is 9.10. The van der Waals surface area contributed by atoms with Gasteiger partial charge < -0.3 is 10.2 Å². The van der Waals surface area contributed by atoms with Crippen LogP contribution in [0.25, 0.3) is 5.65 Å². The summed E-state index contributed by atoms with van der Waals surface area (Å²) in [7, 11) is 2.13. The molecule has 0 radical (unpaired) electrons. The zero-order valence-corrected chi connectivity index (χ0v) is 13.3. The summed E-state index contributed by atoms with van der Waals surface area (Å²) in [5.41, 5.74) is 0.828. The summed E-state index contributed by atoms with van der Waals surface area (Å²) < 4.78 is 2.66. The maximum absolute atomic E-state index is 4.55. The van der Waals surface area contributed by atoms with Gasteiger partial charge in [-0.2, -0.15) is 5.10 Å². The number of hydrogen-bond acceptors (Lipinski definition) is 4. The van der Waals surface area contributed by atoms with Gasteiger partial charge in [0.1, 0.15) is 5.82 Å². The highest BCUT2D eigenvalue weighted by Crippen LogP contribution is 2.17. The molecule has 2 aromatic rings. The molecule has 5 nitrogen and oxygen atoms in total. The summed E-state index contributed by atoms with van der Waals surface area (Å²) in [6.45, 7) is 7.53. The second-order valence-electron chi connectivity index (χ2n) is 5.15. The molecule has 0 saturated carbocycles. The molecule has 0 amide bonds. The number of anilines is 1. The number of fused-ring (bicyclic) bond motifs is 1. The van der Waals surface area contributed by atoms with Gasteiger partial charge >= 0.3 is 0 Å². The van der Waals surface area contributed by atoms with Crippen molar-refractivity contribution in [2.24, 2.45) is 0 Å². The van der Waals surface area contributed by atoms with Gasteiger partial charge in [0.25, 0.3) is 0 Å². The quantitative estimate of drug-likeness (QED) is 0.917. The second kappa shape index (κ2) is 5.88. The lowest BCUT2D eigenvalue weighted by atomic mass is 10.2. The molecule has 6 heteroatoms. The minimum absolute atomic E-state index is 0.337. The van der Waals surface area contributed by atoms with Crippen molar-refractivity contribution < 1.29 is 0 Å². The predicted molar refractivity (Wildman–Crippen MR) is 81.5 cm³/mol. The summed E-state index contributed by atoms with van der Waals surface area (Å²) in [4.78, 5) is 6.86. The molecule has 0 aromatic carbocycles. The molecule has 0 fully saturated rings. The van der Waals surface area contributed by atoms with Crippen molar-refractivity contribution in [3.63, 3.8) is 0 Å². The fraction of sp³-hybridized carbons (Fsp3) is 0.538. The van der Waals surface area contributed by atoms with Gasteiger partial charge in [-0.3, -0.25) is 0 Å². The van der Waals surface area contributed by atoms with Crippen LogP contribution in [0, 0.1) is 0 Å². The SMILES string of the molecule is CC(C)N(C)C[C@H](C)Nc1ccn2ncc(Br)c2n1. The van der Waals surface area contributed by atoms with Crippen LogP contribution >= 0.6 is 15.9 Å². The van der Waals surface area contributed by atoms with Crippen LogP contribution in [0.2, 0.25) is 0 Å². The molecule has 0 aliphatic heterocycles. The van der Waals surface area contributed by atoms with Crippen LogP contribution in [0.15, 0.2) is 22.9 Å². The molecule has 0 unspecified atom stereocenters. The van der Waals surface area contributed by atoms with Gasteiger partial charge in [-0.15, -0.1) is 0 Å². The van der Waals surface area contributed by atoms with E-state index >= 15 is 0 Å².